The fraction of sp³-hybridized carbons (Fsp3) is 0.0455. The Morgan fingerprint density at radius 1 is 0.692 bits per heavy atom. The van der Waals surface area contributed by atoms with Crippen molar-refractivity contribution in [2.75, 3.05) is 10.9 Å². The van der Waals surface area contributed by atoms with Gasteiger partial charge in [-0.25, -0.2) is 4.98 Å². The number of rotatable bonds is 6. The first-order valence-electron chi connectivity index (χ1n) is 8.51. The van der Waals surface area contributed by atoms with E-state index in [0.29, 0.717) is 6.61 Å². The van der Waals surface area contributed by atoms with E-state index < -0.39 is 0 Å². The normalized spacial score (nSPS) is 10.5. The zero-order valence-corrected chi connectivity index (χ0v) is 14.2. The molecule has 4 rings (SSSR count). The molecule has 4 nitrogen and oxygen atoms in total. The van der Waals surface area contributed by atoms with Crippen molar-refractivity contribution >= 4 is 22.3 Å². The summed E-state index contributed by atoms with van der Waals surface area (Å²) in [6.45, 7) is 0.431. The molecule has 1 heterocycles. The molecule has 4 heteroatoms. The Hall–Kier alpha value is -3.53. The monoisotopic (exact) mass is 341 g/mol. The summed E-state index contributed by atoms with van der Waals surface area (Å²) in [7, 11) is 0. The third kappa shape index (κ3) is 3.92. The summed E-state index contributed by atoms with van der Waals surface area (Å²) in [6, 6.07) is 29.9. The van der Waals surface area contributed by atoms with Crippen molar-refractivity contribution in [3.8, 4) is 5.75 Å². The van der Waals surface area contributed by atoms with Crippen LogP contribution < -0.4 is 15.6 Å². The summed E-state index contributed by atoms with van der Waals surface area (Å²) >= 11 is 0. The number of ether oxygens (including phenoxy) is 1. The fourth-order valence-electron chi connectivity index (χ4n) is 2.68. The van der Waals surface area contributed by atoms with Gasteiger partial charge in [0, 0.05) is 11.5 Å². The number of pyridine rings is 1. The number of hydrazine groups is 1. The minimum atomic E-state index is 0.431. The van der Waals surface area contributed by atoms with Gasteiger partial charge < -0.3 is 15.6 Å². The van der Waals surface area contributed by atoms with Gasteiger partial charge in [-0.2, -0.15) is 0 Å². The molecule has 0 atom stereocenters. The second-order valence-corrected chi connectivity index (χ2v) is 5.93. The first kappa shape index (κ1) is 16.0. The Morgan fingerprint density at radius 2 is 1.46 bits per heavy atom. The molecule has 0 aliphatic carbocycles. The van der Waals surface area contributed by atoms with Gasteiger partial charge >= 0.3 is 0 Å². The number of hydrogen-bond acceptors (Lipinski definition) is 4. The van der Waals surface area contributed by atoms with E-state index in [1.165, 1.54) is 0 Å². The van der Waals surface area contributed by atoms with Gasteiger partial charge in [0.2, 0.25) is 0 Å². The number of nitrogens with zero attached hydrogens (tertiary/aromatic N) is 1. The quantitative estimate of drug-likeness (QED) is 0.470. The van der Waals surface area contributed by atoms with Gasteiger partial charge in [0.1, 0.15) is 12.4 Å². The number of anilines is 2. The predicted octanol–water partition coefficient (Wildman–Crippen LogP) is 5.25. The highest BCUT2D eigenvalue weighted by molar-refractivity contribution is 5.78. The van der Waals surface area contributed by atoms with Crippen molar-refractivity contribution in [2.45, 2.75) is 6.61 Å². The number of fused-ring (bicyclic) bond motifs is 1. The number of para-hydroxylation sites is 2. The van der Waals surface area contributed by atoms with Crippen molar-refractivity contribution in [3.63, 3.8) is 0 Å². The van der Waals surface area contributed by atoms with E-state index in [-0.39, 0.29) is 0 Å². The highest BCUT2D eigenvalue weighted by Gasteiger charge is 2.01. The highest BCUT2D eigenvalue weighted by Crippen LogP contribution is 2.19. The van der Waals surface area contributed by atoms with Gasteiger partial charge in [-0.05, 0) is 36.4 Å². The minimum Gasteiger partial charge on any atom is -0.487 e. The molecule has 26 heavy (non-hydrogen) atoms. The molecule has 1 aromatic heterocycles. The van der Waals surface area contributed by atoms with Crippen molar-refractivity contribution in [3.05, 3.63) is 96.7 Å². The van der Waals surface area contributed by atoms with Crippen LogP contribution in [0.3, 0.4) is 0 Å². The van der Waals surface area contributed by atoms with Gasteiger partial charge in [0.15, 0.2) is 0 Å². The lowest BCUT2D eigenvalue weighted by Gasteiger charge is -2.11. The van der Waals surface area contributed by atoms with Crippen molar-refractivity contribution in [1.29, 1.82) is 0 Å². The molecule has 128 valence electrons. The summed E-state index contributed by atoms with van der Waals surface area (Å²) in [6.07, 6.45) is 0. The van der Waals surface area contributed by atoms with Crippen molar-refractivity contribution < 1.29 is 4.74 Å². The second kappa shape index (κ2) is 7.57. The van der Waals surface area contributed by atoms with E-state index in [1.54, 1.807) is 0 Å². The number of benzene rings is 3. The molecule has 0 radical (unpaired) electrons. The third-order valence-corrected chi connectivity index (χ3v) is 4.00. The van der Waals surface area contributed by atoms with Crippen LogP contribution in [0.5, 0.6) is 5.75 Å². The minimum absolute atomic E-state index is 0.431. The van der Waals surface area contributed by atoms with Crippen LogP contribution in [0.4, 0.5) is 11.4 Å². The van der Waals surface area contributed by atoms with Gasteiger partial charge in [0.05, 0.1) is 22.6 Å². The van der Waals surface area contributed by atoms with E-state index in [4.69, 9.17) is 4.74 Å². The average Bonchev–Trinajstić information content (AvgIpc) is 2.72. The van der Waals surface area contributed by atoms with Gasteiger partial charge in [0.25, 0.3) is 0 Å². The largest absolute Gasteiger partial charge is 0.487 e. The topological polar surface area (TPSA) is 46.2 Å². The van der Waals surface area contributed by atoms with Crippen LogP contribution in [0.15, 0.2) is 91.0 Å². The number of nitrogens with one attached hydrogen (secondary N) is 2. The van der Waals surface area contributed by atoms with Crippen LogP contribution in [0, 0.1) is 0 Å². The lowest BCUT2D eigenvalue weighted by Crippen LogP contribution is -2.08. The fourth-order valence-corrected chi connectivity index (χ4v) is 2.68. The first-order chi connectivity index (χ1) is 12.9. The second-order valence-electron chi connectivity index (χ2n) is 5.93. The average molecular weight is 341 g/mol. The molecule has 0 spiro atoms. The third-order valence-electron chi connectivity index (χ3n) is 4.00. The Morgan fingerprint density at radius 3 is 2.38 bits per heavy atom. The molecule has 0 aliphatic heterocycles. The van der Waals surface area contributed by atoms with E-state index in [9.17, 15) is 0 Å². The number of aromatic nitrogens is 1. The Balaban J connectivity index is 1.40. The summed E-state index contributed by atoms with van der Waals surface area (Å²) < 4.78 is 5.90. The van der Waals surface area contributed by atoms with Gasteiger partial charge in [-0.3, -0.25) is 0 Å². The molecule has 0 aliphatic rings. The summed E-state index contributed by atoms with van der Waals surface area (Å²) in [4.78, 5) is 4.64. The molecule has 0 bridgehead atoms. The first-order valence-corrected chi connectivity index (χ1v) is 8.51. The molecule has 2 N–H and O–H groups in total. The van der Waals surface area contributed by atoms with Crippen molar-refractivity contribution in [1.82, 2.24) is 4.98 Å². The molecular weight excluding hydrogens is 322 g/mol. The van der Waals surface area contributed by atoms with E-state index in [2.05, 4.69) is 28.0 Å². The highest BCUT2D eigenvalue weighted by atomic mass is 16.5. The number of hydrogen-bond donors (Lipinski definition) is 2. The maximum Gasteiger partial charge on any atom is 0.130 e. The summed E-state index contributed by atoms with van der Waals surface area (Å²) in [5.41, 5.74) is 10.2. The van der Waals surface area contributed by atoms with Crippen LogP contribution >= 0.6 is 0 Å². The molecule has 0 saturated carbocycles. The van der Waals surface area contributed by atoms with Crippen LogP contribution in [0.25, 0.3) is 10.9 Å². The zero-order valence-electron chi connectivity index (χ0n) is 14.2. The SMILES string of the molecule is c1ccc(NNc2cccc(OCc3ccc4ccccc4n3)c2)cc1. The maximum atomic E-state index is 5.90. The van der Waals surface area contributed by atoms with E-state index in [1.807, 2.05) is 78.9 Å². The van der Waals surface area contributed by atoms with Crippen LogP contribution in [-0.2, 0) is 6.61 Å². The predicted molar refractivity (Wildman–Crippen MR) is 106 cm³/mol. The summed E-state index contributed by atoms with van der Waals surface area (Å²) in [5.74, 6) is 0.792. The van der Waals surface area contributed by atoms with E-state index >= 15 is 0 Å². The lowest BCUT2D eigenvalue weighted by molar-refractivity contribution is 0.302. The van der Waals surface area contributed by atoms with Gasteiger partial charge in [-0.15, -0.1) is 0 Å². The van der Waals surface area contributed by atoms with Gasteiger partial charge in [-0.1, -0.05) is 48.5 Å². The zero-order chi connectivity index (χ0) is 17.6. The van der Waals surface area contributed by atoms with Crippen LogP contribution in [0.2, 0.25) is 0 Å². The Kier molecular flexibility index (Phi) is 4.65. The van der Waals surface area contributed by atoms with Crippen LogP contribution in [-0.4, -0.2) is 4.98 Å². The Labute approximate surface area is 152 Å². The molecule has 0 amide bonds. The smallest absolute Gasteiger partial charge is 0.130 e. The maximum absolute atomic E-state index is 5.90. The van der Waals surface area contributed by atoms with Crippen LogP contribution in [0.1, 0.15) is 5.69 Å². The molecule has 3 aromatic carbocycles. The lowest BCUT2D eigenvalue weighted by atomic mass is 10.2. The summed E-state index contributed by atoms with van der Waals surface area (Å²) in [5, 5.41) is 1.13. The molecule has 0 fully saturated rings. The van der Waals surface area contributed by atoms with E-state index in [0.717, 1.165) is 33.7 Å². The molecular formula is C22H19N3O. The molecule has 4 aromatic rings. The molecule has 0 unspecified atom stereocenters. The molecule has 0 saturated heterocycles. The standard InChI is InChI=1S/C22H19N3O/c1-2-8-18(9-3-1)24-25-19-10-6-11-21(15-19)26-16-20-14-13-17-7-4-5-12-22(17)23-20/h1-15,24-25H,16H2. The van der Waals surface area contributed by atoms with Crippen molar-refractivity contribution in [2.24, 2.45) is 0 Å². The Bertz CT molecular complexity index is 1000.